The maximum atomic E-state index is 11.9. The normalized spacial score (nSPS) is 16.0. The molecule has 0 unspecified atom stereocenters. The predicted octanol–water partition coefficient (Wildman–Crippen LogP) is 4.10. The van der Waals surface area contributed by atoms with Crippen LogP contribution in [0.5, 0.6) is 0 Å². The zero-order valence-corrected chi connectivity index (χ0v) is 12.9. The minimum Gasteiger partial charge on any atom is -0.402 e. The Hall–Kier alpha value is -2.20. The number of esters is 1. The molecule has 0 amide bonds. The molecular weight excluding hydrogens is 330 g/mol. The number of nitrogens with zero attached hydrogens (tertiary/aromatic N) is 1. The van der Waals surface area contributed by atoms with Crippen LogP contribution in [-0.2, 0) is 9.53 Å². The maximum Gasteiger partial charge on any atom is 0.363 e. The molecule has 1 heterocycles. The Balaban J connectivity index is 1.95. The quantitative estimate of drug-likeness (QED) is 0.609. The van der Waals surface area contributed by atoms with Crippen molar-refractivity contribution in [3.63, 3.8) is 0 Å². The van der Waals surface area contributed by atoms with Crippen molar-refractivity contribution in [1.82, 2.24) is 0 Å². The molecule has 0 aromatic heterocycles. The number of halogens is 1. The number of hydrogen-bond donors (Lipinski definition) is 0. The van der Waals surface area contributed by atoms with Gasteiger partial charge in [-0.3, -0.25) is 0 Å². The minimum absolute atomic E-state index is 0.316. The van der Waals surface area contributed by atoms with Gasteiger partial charge in [-0.2, -0.15) is 0 Å². The molecule has 21 heavy (non-hydrogen) atoms. The Kier molecular flexibility index (Phi) is 3.71. The van der Waals surface area contributed by atoms with Gasteiger partial charge in [0.25, 0.3) is 0 Å². The minimum atomic E-state index is -0.422. The molecule has 0 spiro atoms. The Morgan fingerprint density at radius 1 is 1.14 bits per heavy atom. The van der Waals surface area contributed by atoms with Crippen molar-refractivity contribution in [2.75, 3.05) is 0 Å². The van der Waals surface area contributed by atoms with Crippen LogP contribution in [0.2, 0.25) is 0 Å². The number of aliphatic imine (C=N–C) groups is 1. The average molecular weight is 342 g/mol. The average Bonchev–Trinajstić information content (AvgIpc) is 2.84. The summed E-state index contributed by atoms with van der Waals surface area (Å²) in [5, 5.41) is 0. The van der Waals surface area contributed by atoms with E-state index < -0.39 is 5.97 Å². The lowest BCUT2D eigenvalue weighted by molar-refractivity contribution is -0.129. The summed E-state index contributed by atoms with van der Waals surface area (Å²) in [6.07, 6.45) is 1.72. The van der Waals surface area contributed by atoms with Gasteiger partial charge in [-0.15, -0.1) is 0 Å². The number of rotatable bonds is 2. The zero-order chi connectivity index (χ0) is 14.8. The molecule has 0 saturated heterocycles. The second-order valence-electron chi connectivity index (χ2n) is 4.71. The second kappa shape index (κ2) is 5.66. The first-order chi connectivity index (χ1) is 10.1. The smallest absolute Gasteiger partial charge is 0.363 e. The lowest BCUT2D eigenvalue weighted by atomic mass is 10.1. The highest BCUT2D eigenvalue weighted by molar-refractivity contribution is 9.10. The Morgan fingerprint density at radius 3 is 2.62 bits per heavy atom. The summed E-state index contributed by atoms with van der Waals surface area (Å²) in [4.78, 5) is 16.2. The topological polar surface area (TPSA) is 38.7 Å². The van der Waals surface area contributed by atoms with Gasteiger partial charge in [-0.25, -0.2) is 9.79 Å². The summed E-state index contributed by atoms with van der Waals surface area (Å²) >= 11 is 3.45. The number of carbonyl (C=O) groups is 1. The monoisotopic (exact) mass is 341 g/mol. The first-order valence-electron chi connectivity index (χ1n) is 6.47. The molecule has 1 aliphatic heterocycles. The van der Waals surface area contributed by atoms with Crippen LogP contribution in [0.15, 0.2) is 63.7 Å². The van der Waals surface area contributed by atoms with Gasteiger partial charge in [-0.05, 0) is 42.3 Å². The van der Waals surface area contributed by atoms with Crippen LogP contribution >= 0.6 is 15.9 Å². The molecule has 2 aromatic carbocycles. The maximum absolute atomic E-state index is 11.9. The van der Waals surface area contributed by atoms with Gasteiger partial charge in [0.1, 0.15) is 0 Å². The SMILES string of the molecule is Cc1cc(C2=N/C(=C\c3ccccc3)C(=O)O2)ccc1Br. The van der Waals surface area contributed by atoms with Crippen LogP contribution in [0.1, 0.15) is 16.7 Å². The highest BCUT2D eigenvalue weighted by Gasteiger charge is 2.24. The summed E-state index contributed by atoms with van der Waals surface area (Å²) in [6.45, 7) is 1.98. The van der Waals surface area contributed by atoms with Crippen molar-refractivity contribution in [2.45, 2.75) is 6.92 Å². The van der Waals surface area contributed by atoms with E-state index in [2.05, 4.69) is 20.9 Å². The van der Waals surface area contributed by atoms with Crippen molar-refractivity contribution in [1.29, 1.82) is 0 Å². The second-order valence-corrected chi connectivity index (χ2v) is 5.57. The molecule has 0 fully saturated rings. The van der Waals surface area contributed by atoms with E-state index in [9.17, 15) is 4.79 Å². The summed E-state index contributed by atoms with van der Waals surface area (Å²) in [7, 11) is 0. The van der Waals surface area contributed by atoms with Gasteiger partial charge >= 0.3 is 5.97 Å². The molecule has 2 aromatic rings. The van der Waals surface area contributed by atoms with Gasteiger partial charge in [-0.1, -0.05) is 46.3 Å². The number of carbonyl (C=O) groups excluding carboxylic acids is 1. The third-order valence-electron chi connectivity index (χ3n) is 3.13. The van der Waals surface area contributed by atoms with Crippen molar-refractivity contribution in [3.8, 4) is 0 Å². The number of hydrogen-bond acceptors (Lipinski definition) is 3. The Labute approximate surface area is 131 Å². The molecule has 0 bridgehead atoms. The molecule has 3 rings (SSSR count). The van der Waals surface area contributed by atoms with E-state index in [-0.39, 0.29) is 0 Å². The molecule has 0 saturated carbocycles. The first-order valence-corrected chi connectivity index (χ1v) is 7.27. The summed E-state index contributed by atoms with van der Waals surface area (Å²) in [6, 6.07) is 15.3. The molecule has 0 atom stereocenters. The van der Waals surface area contributed by atoms with Crippen LogP contribution in [0.4, 0.5) is 0 Å². The van der Waals surface area contributed by atoms with E-state index in [4.69, 9.17) is 4.74 Å². The lowest BCUT2D eigenvalue weighted by Crippen LogP contribution is -2.05. The van der Waals surface area contributed by atoms with Crippen molar-refractivity contribution >= 4 is 33.9 Å². The number of cyclic esters (lactones) is 1. The molecule has 1 aliphatic rings. The Bertz CT molecular complexity index is 764. The van der Waals surface area contributed by atoms with Crippen LogP contribution in [-0.4, -0.2) is 11.9 Å². The van der Waals surface area contributed by atoms with Crippen LogP contribution < -0.4 is 0 Å². The molecular formula is C17H12BrNO2. The van der Waals surface area contributed by atoms with Crippen LogP contribution in [0.25, 0.3) is 6.08 Å². The van der Waals surface area contributed by atoms with Gasteiger partial charge in [0, 0.05) is 10.0 Å². The number of aryl methyl sites for hydroxylation is 1. The van der Waals surface area contributed by atoms with Crippen LogP contribution in [0.3, 0.4) is 0 Å². The van der Waals surface area contributed by atoms with E-state index in [0.717, 1.165) is 21.2 Å². The summed E-state index contributed by atoms with van der Waals surface area (Å²) in [5.41, 5.74) is 3.09. The van der Waals surface area contributed by atoms with Gasteiger partial charge in [0.2, 0.25) is 5.90 Å². The first kappa shape index (κ1) is 13.8. The Morgan fingerprint density at radius 2 is 1.90 bits per heavy atom. The molecule has 0 N–H and O–H groups in total. The predicted molar refractivity (Wildman–Crippen MR) is 85.9 cm³/mol. The number of benzene rings is 2. The van der Waals surface area contributed by atoms with Gasteiger partial charge in [0.05, 0.1) is 0 Å². The molecule has 4 heteroatoms. The standard InChI is InChI=1S/C17H12BrNO2/c1-11-9-13(7-8-14(11)18)16-19-15(17(20)21-16)10-12-5-3-2-4-6-12/h2-10H,1H3/b15-10-. The fourth-order valence-corrected chi connectivity index (χ4v) is 2.26. The van der Waals surface area contributed by atoms with Crippen molar-refractivity contribution in [3.05, 3.63) is 75.4 Å². The summed E-state index contributed by atoms with van der Waals surface area (Å²) < 4.78 is 6.26. The third-order valence-corrected chi connectivity index (χ3v) is 4.02. The van der Waals surface area contributed by atoms with Gasteiger partial charge < -0.3 is 4.74 Å². The highest BCUT2D eigenvalue weighted by Crippen LogP contribution is 2.22. The van der Waals surface area contributed by atoms with E-state index in [1.165, 1.54) is 0 Å². The molecule has 3 nitrogen and oxygen atoms in total. The number of ether oxygens (including phenoxy) is 1. The van der Waals surface area contributed by atoms with Crippen molar-refractivity contribution in [2.24, 2.45) is 4.99 Å². The molecule has 0 radical (unpaired) electrons. The van der Waals surface area contributed by atoms with E-state index in [1.807, 2.05) is 55.5 Å². The zero-order valence-electron chi connectivity index (χ0n) is 11.3. The van der Waals surface area contributed by atoms with Gasteiger partial charge in [0.15, 0.2) is 5.70 Å². The van der Waals surface area contributed by atoms with Crippen LogP contribution in [0, 0.1) is 6.92 Å². The highest BCUT2D eigenvalue weighted by atomic mass is 79.9. The summed E-state index contributed by atoms with van der Waals surface area (Å²) in [5.74, 6) is -0.0767. The van der Waals surface area contributed by atoms with E-state index in [0.29, 0.717) is 11.6 Å². The van der Waals surface area contributed by atoms with Crippen molar-refractivity contribution < 1.29 is 9.53 Å². The van der Waals surface area contributed by atoms with E-state index in [1.54, 1.807) is 6.08 Å². The largest absolute Gasteiger partial charge is 0.402 e. The molecule has 104 valence electrons. The molecule has 0 aliphatic carbocycles. The third kappa shape index (κ3) is 2.95. The van der Waals surface area contributed by atoms with E-state index >= 15 is 0 Å². The fraction of sp³-hybridized carbons (Fsp3) is 0.0588. The lowest BCUT2D eigenvalue weighted by Gasteiger charge is -2.02. The fourth-order valence-electron chi connectivity index (χ4n) is 2.02.